The summed E-state index contributed by atoms with van der Waals surface area (Å²) in [5.41, 5.74) is 2.62. The minimum Gasteiger partial charge on any atom is -0.478 e. The smallest absolute Gasteiger partial charge is 0.331 e. The molecule has 1 aromatic rings. The van der Waals surface area contributed by atoms with E-state index in [0.717, 1.165) is 11.1 Å². The highest BCUT2D eigenvalue weighted by Crippen LogP contribution is 2.18. The fourth-order valence-corrected chi connectivity index (χ4v) is 1.92. The van der Waals surface area contributed by atoms with Crippen molar-refractivity contribution < 1.29 is 9.90 Å². The van der Waals surface area contributed by atoms with Gasteiger partial charge in [0.25, 0.3) is 0 Å². The molecule has 16 heavy (non-hydrogen) atoms. The van der Waals surface area contributed by atoms with E-state index in [1.54, 1.807) is 0 Å². The summed E-state index contributed by atoms with van der Waals surface area (Å²) >= 11 is 0. The van der Waals surface area contributed by atoms with Crippen LogP contribution in [0.25, 0.3) is 0 Å². The number of hydrogen-bond donors (Lipinski definition) is 1. The Balaban J connectivity index is 2.95. The van der Waals surface area contributed by atoms with Gasteiger partial charge in [-0.15, -0.1) is 0 Å². The first-order valence-corrected chi connectivity index (χ1v) is 5.49. The second-order valence-corrected chi connectivity index (χ2v) is 4.32. The first kappa shape index (κ1) is 12.5. The van der Waals surface area contributed by atoms with Crippen molar-refractivity contribution in [2.75, 3.05) is 0 Å². The molecule has 1 N–H and O–H groups in total. The Labute approximate surface area is 96.6 Å². The summed E-state index contributed by atoms with van der Waals surface area (Å²) in [5.74, 6) is -0.746. The predicted molar refractivity (Wildman–Crippen MR) is 65.3 cm³/mol. The van der Waals surface area contributed by atoms with Gasteiger partial charge >= 0.3 is 5.97 Å². The van der Waals surface area contributed by atoms with E-state index in [4.69, 9.17) is 5.11 Å². The molecule has 0 bridgehead atoms. The van der Waals surface area contributed by atoms with E-state index >= 15 is 0 Å². The summed E-state index contributed by atoms with van der Waals surface area (Å²) in [4.78, 5) is 11.1. The monoisotopic (exact) mass is 218 g/mol. The summed E-state index contributed by atoms with van der Waals surface area (Å²) < 4.78 is 0. The van der Waals surface area contributed by atoms with Gasteiger partial charge in [-0.25, -0.2) is 4.79 Å². The SMILES string of the molecule is C/C(Cc1ccccc1)=C(\C(=O)O)C(C)C. The molecule has 1 aromatic carbocycles. The molecule has 0 aliphatic heterocycles. The van der Waals surface area contributed by atoms with E-state index in [0.29, 0.717) is 12.0 Å². The molecule has 0 aromatic heterocycles. The molecule has 0 atom stereocenters. The maximum Gasteiger partial charge on any atom is 0.331 e. The fourth-order valence-electron chi connectivity index (χ4n) is 1.92. The zero-order valence-electron chi connectivity index (χ0n) is 10.0. The molecule has 0 aliphatic rings. The molecule has 0 amide bonds. The van der Waals surface area contributed by atoms with Crippen molar-refractivity contribution in [1.29, 1.82) is 0 Å². The molecule has 86 valence electrons. The molecule has 2 heteroatoms. The molecule has 0 saturated heterocycles. The number of carboxylic acids is 1. The summed E-state index contributed by atoms with van der Waals surface area (Å²) in [6.07, 6.45) is 0.709. The molecule has 0 fully saturated rings. The minimum absolute atomic E-state index is 0.0567. The van der Waals surface area contributed by atoms with Crippen molar-refractivity contribution in [3.05, 3.63) is 47.0 Å². The highest BCUT2D eigenvalue weighted by molar-refractivity contribution is 5.88. The number of aliphatic carboxylic acids is 1. The number of carbonyl (C=O) groups is 1. The average Bonchev–Trinajstić information content (AvgIpc) is 2.17. The third kappa shape index (κ3) is 3.23. The zero-order chi connectivity index (χ0) is 12.1. The van der Waals surface area contributed by atoms with E-state index in [1.807, 2.05) is 51.1 Å². The van der Waals surface area contributed by atoms with E-state index in [2.05, 4.69) is 0 Å². The molecular weight excluding hydrogens is 200 g/mol. The van der Waals surface area contributed by atoms with Gasteiger partial charge in [0.1, 0.15) is 0 Å². The second kappa shape index (κ2) is 5.50. The third-order valence-electron chi connectivity index (χ3n) is 2.58. The van der Waals surface area contributed by atoms with E-state index in [9.17, 15) is 4.79 Å². The number of rotatable bonds is 4. The number of benzene rings is 1. The van der Waals surface area contributed by atoms with Gasteiger partial charge in [0.2, 0.25) is 0 Å². The highest BCUT2D eigenvalue weighted by Gasteiger charge is 2.15. The van der Waals surface area contributed by atoms with Crippen LogP contribution in [0.15, 0.2) is 41.5 Å². The van der Waals surface area contributed by atoms with Crippen molar-refractivity contribution in [3.8, 4) is 0 Å². The molecule has 0 aliphatic carbocycles. The van der Waals surface area contributed by atoms with Crippen LogP contribution in [0.4, 0.5) is 0 Å². The number of carboxylic acid groups (broad SMARTS) is 1. The summed E-state index contributed by atoms with van der Waals surface area (Å²) in [6.45, 7) is 5.73. The zero-order valence-corrected chi connectivity index (χ0v) is 10.0. The summed E-state index contributed by atoms with van der Waals surface area (Å²) in [5, 5.41) is 9.13. The Kier molecular flexibility index (Phi) is 4.29. The van der Waals surface area contributed by atoms with E-state index < -0.39 is 5.97 Å². The third-order valence-corrected chi connectivity index (χ3v) is 2.58. The topological polar surface area (TPSA) is 37.3 Å². The molecule has 0 saturated carbocycles. The fraction of sp³-hybridized carbons (Fsp3) is 0.357. The second-order valence-electron chi connectivity index (χ2n) is 4.32. The molecular formula is C14H18O2. The normalized spacial score (nSPS) is 12.5. The quantitative estimate of drug-likeness (QED) is 0.787. The predicted octanol–water partition coefficient (Wildman–Crippen LogP) is 3.29. The van der Waals surface area contributed by atoms with Crippen LogP contribution in [0.5, 0.6) is 0 Å². The Morgan fingerprint density at radius 1 is 1.25 bits per heavy atom. The van der Waals surface area contributed by atoms with Gasteiger partial charge in [-0.05, 0) is 24.8 Å². The van der Waals surface area contributed by atoms with Crippen LogP contribution in [-0.2, 0) is 11.2 Å². The van der Waals surface area contributed by atoms with Crippen LogP contribution in [0.2, 0.25) is 0 Å². The lowest BCUT2D eigenvalue weighted by molar-refractivity contribution is -0.133. The largest absolute Gasteiger partial charge is 0.478 e. The molecule has 0 radical (unpaired) electrons. The summed E-state index contributed by atoms with van der Waals surface area (Å²) in [6, 6.07) is 9.94. The maximum absolute atomic E-state index is 11.1. The number of allylic oxidation sites excluding steroid dienone is 1. The van der Waals surface area contributed by atoms with Crippen LogP contribution >= 0.6 is 0 Å². The Morgan fingerprint density at radius 2 is 1.81 bits per heavy atom. The Hall–Kier alpha value is -1.57. The average molecular weight is 218 g/mol. The first-order valence-electron chi connectivity index (χ1n) is 5.49. The lowest BCUT2D eigenvalue weighted by atomic mass is 9.94. The van der Waals surface area contributed by atoms with Crippen LogP contribution in [-0.4, -0.2) is 11.1 Å². The number of hydrogen-bond acceptors (Lipinski definition) is 1. The molecule has 0 heterocycles. The van der Waals surface area contributed by atoms with E-state index in [1.165, 1.54) is 0 Å². The minimum atomic E-state index is -0.802. The van der Waals surface area contributed by atoms with Gasteiger partial charge in [0, 0.05) is 5.57 Å². The van der Waals surface area contributed by atoms with Crippen LogP contribution < -0.4 is 0 Å². The van der Waals surface area contributed by atoms with Gasteiger partial charge in [0.05, 0.1) is 0 Å². The van der Waals surface area contributed by atoms with Crippen molar-refractivity contribution >= 4 is 5.97 Å². The molecule has 0 spiro atoms. The van der Waals surface area contributed by atoms with Crippen molar-refractivity contribution in [3.63, 3.8) is 0 Å². The molecule has 0 unspecified atom stereocenters. The van der Waals surface area contributed by atoms with Gasteiger partial charge in [-0.3, -0.25) is 0 Å². The van der Waals surface area contributed by atoms with Crippen molar-refractivity contribution in [2.24, 2.45) is 5.92 Å². The van der Waals surface area contributed by atoms with Gasteiger partial charge in [0.15, 0.2) is 0 Å². The Morgan fingerprint density at radius 3 is 2.25 bits per heavy atom. The van der Waals surface area contributed by atoms with Crippen LogP contribution in [0, 0.1) is 5.92 Å². The van der Waals surface area contributed by atoms with Crippen molar-refractivity contribution in [1.82, 2.24) is 0 Å². The lowest BCUT2D eigenvalue weighted by Crippen LogP contribution is -2.10. The van der Waals surface area contributed by atoms with Gasteiger partial charge in [-0.1, -0.05) is 49.8 Å². The van der Waals surface area contributed by atoms with Gasteiger partial charge in [-0.2, -0.15) is 0 Å². The highest BCUT2D eigenvalue weighted by atomic mass is 16.4. The van der Waals surface area contributed by atoms with Gasteiger partial charge < -0.3 is 5.11 Å². The maximum atomic E-state index is 11.1. The standard InChI is InChI=1S/C14H18O2/c1-10(2)13(14(15)16)11(3)9-12-7-5-4-6-8-12/h4-8,10H,9H2,1-3H3,(H,15,16)/b13-11+. The van der Waals surface area contributed by atoms with Crippen LogP contribution in [0.1, 0.15) is 26.3 Å². The Bertz CT molecular complexity index is 388. The van der Waals surface area contributed by atoms with Crippen LogP contribution in [0.3, 0.4) is 0 Å². The summed E-state index contributed by atoms with van der Waals surface area (Å²) in [7, 11) is 0. The van der Waals surface area contributed by atoms with E-state index in [-0.39, 0.29) is 5.92 Å². The molecule has 2 nitrogen and oxygen atoms in total. The van der Waals surface area contributed by atoms with Crippen molar-refractivity contribution in [2.45, 2.75) is 27.2 Å². The first-order chi connectivity index (χ1) is 7.52. The molecule has 1 rings (SSSR count). The lowest BCUT2D eigenvalue weighted by Gasteiger charge is -2.11.